The van der Waals surface area contributed by atoms with Crippen molar-refractivity contribution in [3.05, 3.63) is 60.8 Å². The van der Waals surface area contributed by atoms with Crippen molar-refractivity contribution in [1.82, 2.24) is 10.6 Å². The highest BCUT2D eigenvalue weighted by Crippen LogP contribution is 2.33. The van der Waals surface area contributed by atoms with Crippen molar-refractivity contribution in [2.45, 2.75) is 37.4 Å². The van der Waals surface area contributed by atoms with Crippen LogP contribution in [-0.2, 0) is 0 Å². The van der Waals surface area contributed by atoms with Gasteiger partial charge >= 0.3 is 0 Å². The lowest BCUT2D eigenvalue weighted by molar-refractivity contribution is 0.0903. The molecule has 5 heteroatoms. The van der Waals surface area contributed by atoms with Crippen LogP contribution in [0.3, 0.4) is 0 Å². The Morgan fingerprint density at radius 3 is 2.69 bits per heavy atom. The van der Waals surface area contributed by atoms with Crippen LogP contribution in [0.5, 0.6) is 0 Å². The summed E-state index contributed by atoms with van der Waals surface area (Å²) in [6.07, 6.45) is 6.71. The number of fused-ring (bicyclic) bond motifs is 2. The molecule has 2 fully saturated rings. The molecule has 2 saturated heterocycles. The predicted octanol–water partition coefficient (Wildman–Crippen LogP) is 3.83. The molecule has 4 heterocycles. The van der Waals surface area contributed by atoms with Gasteiger partial charge in [0.25, 0.3) is 5.91 Å². The Balaban J connectivity index is 1.38. The van der Waals surface area contributed by atoms with Gasteiger partial charge < -0.3 is 19.5 Å². The highest BCUT2D eigenvalue weighted by atomic mass is 16.4. The van der Waals surface area contributed by atoms with E-state index in [9.17, 15) is 4.79 Å². The number of hydrogen-bond acceptors (Lipinski definition) is 4. The molecule has 2 aromatic heterocycles. The maximum atomic E-state index is 12.6. The number of amides is 1. The third-order valence-electron chi connectivity index (χ3n) is 5.47. The minimum absolute atomic E-state index is 0.142. The van der Waals surface area contributed by atoms with E-state index in [4.69, 9.17) is 8.83 Å². The molecule has 3 aromatic rings. The smallest absolute Gasteiger partial charge is 0.287 e. The molecule has 0 aliphatic carbocycles. The molecule has 1 amide bonds. The number of carbonyl (C=O) groups is 1. The van der Waals surface area contributed by atoms with Crippen molar-refractivity contribution in [3.8, 4) is 22.5 Å². The molecule has 5 rings (SSSR count). The molecular formula is C21H20N2O3. The summed E-state index contributed by atoms with van der Waals surface area (Å²) < 4.78 is 11.1. The molecule has 0 radical (unpaired) electrons. The van der Waals surface area contributed by atoms with Crippen LogP contribution in [0.15, 0.2) is 63.8 Å². The maximum absolute atomic E-state index is 12.6. The number of rotatable bonds is 4. The molecule has 0 spiro atoms. The largest absolute Gasteiger partial charge is 0.472 e. The first-order chi connectivity index (χ1) is 12.8. The van der Waals surface area contributed by atoms with Crippen LogP contribution in [0.4, 0.5) is 0 Å². The monoisotopic (exact) mass is 348 g/mol. The molecule has 0 saturated carbocycles. The number of benzene rings is 1. The highest BCUT2D eigenvalue weighted by Gasteiger charge is 2.40. The standard InChI is InChI=1S/C21H20N2O3/c24-21(23-18-11-14-5-6-17(18)22-14)20-8-7-19(26-20)16-4-2-1-3-15(16)13-9-10-25-12-13/h1-4,7-10,12,14,17-18,22H,5-6,11H2,(H,23,24)/t14-,17+,18-/m1/s1. The normalized spacial score (nSPS) is 24.1. The number of hydrogen-bond donors (Lipinski definition) is 2. The first kappa shape index (κ1) is 15.5. The van der Waals surface area contributed by atoms with Crippen molar-refractivity contribution in [2.75, 3.05) is 0 Å². The van der Waals surface area contributed by atoms with Crippen molar-refractivity contribution < 1.29 is 13.6 Å². The van der Waals surface area contributed by atoms with Crippen LogP contribution in [0.1, 0.15) is 29.8 Å². The molecular weight excluding hydrogens is 328 g/mol. The fourth-order valence-electron chi connectivity index (χ4n) is 4.20. The average molecular weight is 348 g/mol. The third kappa shape index (κ3) is 2.65. The molecule has 2 N–H and O–H groups in total. The fraction of sp³-hybridized carbons (Fsp3) is 0.286. The van der Waals surface area contributed by atoms with E-state index in [0.29, 0.717) is 23.6 Å². The molecule has 2 aliphatic heterocycles. The zero-order valence-corrected chi connectivity index (χ0v) is 14.3. The van der Waals surface area contributed by atoms with Crippen LogP contribution < -0.4 is 10.6 Å². The van der Waals surface area contributed by atoms with Crippen molar-refractivity contribution >= 4 is 5.91 Å². The Kier molecular flexibility index (Phi) is 3.68. The summed E-state index contributed by atoms with van der Waals surface area (Å²) in [4.78, 5) is 12.6. The van der Waals surface area contributed by atoms with E-state index in [1.807, 2.05) is 36.4 Å². The zero-order chi connectivity index (χ0) is 17.5. The van der Waals surface area contributed by atoms with Gasteiger partial charge in [-0.3, -0.25) is 4.79 Å². The summed E-state index contributed by atoms with van der Waals surface area (Å²) in [5, 5.41) is 6.66. The topological polar surface area (TPSA) is 67.4 Å². The lowest BCUT2D eigenvalue weighted by Gasteiger charge is -2.20. The number of carbonyl (C=O) groups excluding carboxylic acids is 1. The minimum atomic E-state index is -0.142. The second-order valence-electron chi connectivity index (χ2n) is 7.08. The van der Waals surface area contributed by atoms with Gasteiger partial charge in [-0.15, -0.1) is 0 Å². The summed E-state index contributed by atoms with van der Waals surface area (Å²) in [6, 6.07) is 14.6. The molecule has 26 heavy (non-hydrogen) atoms. The highest BCUT2D eigenvalue weighted by molar-refractivity contribution is 5.93. The van der Waals surface area contributed by atoms with Gasteiger partial charge in [0.05, 0.1) is 12.5 Å². The van der Waals surface area contributed by atoms with Gasteiger partial charge in [-0.25, -0.2) is 0 Å². The average Bonchev–Trinajstić information content (AvgIpc) is 3.46. The molecule has 132 valence electrons. The SMILES string of the molecule is O=C(N[C@@H]1C[C@H]2CC[C@@H]1N2)c1ccc(-c2ccccc2-c2ccoc2)o1. The van der Waals surface area contributed by atoms with Crippen LogP contribution in [0.25, 0.3) is 22.5 Å². The fourth-order valence-corrected chi connectivity index (χ4v) is 4.20. The summed E-state index contributed by atoms with van der Waals surface area (Å²) >= 11 is 0. The van der Waals surface area contributed by atoms with Gasteiger partial charge in [0.15, 0.2) is 5.76 Å². The van der Waals surface area contributed by atoms with Crippen molar-refractivity contribution in [2.24, 2.45) is 0 Å². The minimum Gasteiger partial charge on any atom is -0.472 e. The Morgan fingerprint density at radius 1 is 1.08 bits per heavy atom. The summed E-state index contributed by atoms with van der Waals surface area (Å²) in [5.41, 5.74) is 2.94. The molecule has 1 aromatic carbocycles. The maximum Gasteiger partial charge on any atom is 0.287 e. The molecule has 5 nitrogen and oxygen atoms in total. The van der Waals surface area contributed by atoms with E-state index < -0.39 is 0 Å². The zero-order valence-electron chi connectivity index (χ0n) is 14.3. The van der Waals surface area contributed by atoms with E-state index in [0.717, 1.165) is 29.5 Å². The van der Waals surface area contributed by atoms with E-state index >= 15 is 0 Å². The summed E-state index contributed by atoms with van der Waals surface area (Å²) in [5.74, 6) is 0.888. The molecule has 3 atom stereocenters. The van der Waals surface area contributed by atoms with Gasteiger partial charge in [0.1, 0.15) is 5.76 Å². The lowest BCUT2D eigenvalue weighted by atomic mass is 9.95. The van der Waals surface area contributed by atoms with Crippen LogP contribution in [0.2, 0.25) is 0 Å². The summed E-state index contributed by atoms with van der Waals surface area (Å²) in [7, 11) is 0. The van der Waals surface area contributed by atoms with Crippen LogP contribution >= 0.6 is 0 Å². The van der Waals surface area contributed by atoms with Gasteiger partial charge in [0, 0.05) is 29.3 Å². The second-order valence-corrected chi connectivity index (χ2v) is 7.08. The first-order valence-electron chi connectivity index (χ1n) is 9.06. The molecule has 2 aliphatic rings. The van der Waals surface area contributed by atoms with E-state index in [1.54, 1.807) is 18.6 Å². The van der Waals surface area contributed by atoms with E-state index in [-0.39, 0.29) is 11.9 Å². The van der Waals surface area contributed by atoms with Gasteiger partial charge in [0.2, 0.25) is 0 Å². The van der Waals surface area contributed by atoms with E-state index in [2.05, 4.69) is 10.6 Å². The predicted molar refractivity (Wildman–Crippen MR) is 97.7 cm³/mol. The Labute approximate surface area is 151 Å². The van der Waals surface area contributed by atoms with Gasteiger partial charge in [-0.05, 0) is 43.0 Å². The Bertz CT molecular complexity index is 928. The molecule has 0 unspecified atom stereocenters. The Morgan fingerprint density at radius 2 is 1.96 bits per heavy atom. The first-order valence-corrected chi connectivity index (χ1v) is 9.06. The van der Waals surface area contributed by atoms with Crippen LogP contribution in [-0.4, -0.2) is 24.0 Å². The summed E-state index contributed by atoms with van der Waals surface area (Å²) in [6.45, 7) is 0. The second kappa shape index (κ2) is 6.18. The van der Waals surface area contributed by atoms with Crippen molar-refractivity contribution in [1.29, 1.82) is 0 Å². The third-order valence-corrected chi connectivity index (χ3v) is 5.47. The van der Waals surface area contributed by atoms with E-state index in [1.165, 1.54) is 6.42 Å². The van der Waals surface area contributed by atoms with Gasteiger partial charge in [-0.1, -0.05) is 24.3 Å². The lowest BCUT2D eigenvalue weighted by Crippen LogP contribution is -2.42. The van der Waals surface area contributed by atoms with Gasteiger partial charge in [-0.2, -0.15) is 0 Å². The van der Waals surface area contributed by atoms with Crippen molar-refractivity contribution in [3.63, 3.8) is 0 Å². The quantitative estimate of drug-likeness (QED) is 0.752. The Hall–Kier alpha value is -2.79. The number of furan rings is 2. The van der Waals surface area contributed by atoms with Crippen LogP contribution in [0, 0.1) is 0 Å². The molecule has 2 bridgehead atoms. The number of nitrogens with one attached hydrogen (secondary N) is 2.